The summed E-state index contributed by atoms with van der Waals surface area (Å²) in [5, 5.41) is 11.4. The molecule has 4 heterocycles. The van der Waals surface area contributed by atoms with Crippen LogP contribution in [0.5, 0.6) is 0 Å². The van der Waals surface area contributed by atoms with E-state index in [1.807, 2.05) is 12.1 Å². The van der Waals surface area contributed by atoms with Gasteiger partial charge in [-0.15, -0.1) is 0 Å². The molecule has 0 radical (unpaired) electrons. The summed E-state index contributed by atoms with van der Waals surface area (Å²) in [7, 11) is 0. The maximum atomic E-state index is 6.97. The van der Waals surface area contributed by atoms with E-state index in [0.29, 0.717) is 17.5 Å². The number of hydrogen-bond acceptors (Lipinski definition) is 4. The van der Waals surface area contributed by atoms with E-state index in [0.717, 1.165) is 88.2 Å². The highest BCUT2D eigenvalue weighted by Crippen LogP contribution is 2.44. The first-order chi connectivity index (χ1) is 32.2. The number of furan rings is 1. The summed E-state index contributed by atoms with van der Waals surface area (Å²) in [6.45, 7) is 0. The Bertz CT molecular complexity index is 4250. The number of rotatable bonds is 5. The van der Waals surface area contributed by atoms with Crippen molar-refractivity contribution in [2.45, 2.75) is 0 Å². The third-order valence-corrected chi connectivity index (χ3v) is 13.1. The van der Waals surface area contributed by atoms with Crippen LogP contribution in [0.2, 0.25) is 0 Å². The number of benzene rings is 10. The molecule has 0 fully saturated rings. The van der Waals surface area contributed by atoms with Gasteiger partial charge in [0, 0.05) is 43.7 Å². The lowest BCUT2D eigenvalue weighted by Gasteiger charge is -2.14. The van der Waals surface area contributed by atoms with Crippen LogP contribution in [-0.4, -0.2) is 24.1 Å². The van der Waals surface area contributed by atoms with Crippen LogP contribution in [0.3, 0.4) is 0 Å². The van der Waals surface area contributed by atoms with Gasteiger partial charge >= 0.3 is 0 Å². The molecule has 0 bridgehead atoms. The summed E-state index contributed by atoms with van der Waals surface area (Å²) >= 11 is 0. The molecule has 0 saturated heterocycles. The first kappa shape index (κ1) is 35.7. The number of hydrogen-bond donors (Lipinski definition) is 0. The van der Waals surface area contributed by atoms with Crippen molar-refractivity contribution < 1.29 is 4.42 Å². The van der Waals surface area contributed by atoms with Crippen LogP contribution in [0.4, 0.5) is 0 Å². The summed E-state index contributed by atoms with van der Waals surface area (Å²) < 4.78 is 11.7. The molecule has 0 aliphatic carbocycles. The second-order valence-corrected chi connectivity index (χ2v) is 16.8. The summed E-state index contributed by atoms with van der Waals surface area (Å²) in [5.74, 6) is 1.70. The third kappa shape index (κ3) is 5.38. The van der Waals surface area contributed by atoms with Crippen molar-refractivity contribution in [1.29, 1.82) is 0 Å². The predicted molar refractivity (Wildman–Crippen MR) is 267 cm³/mol. The van der Waals surface area contributed by atoms with Crippen LogP contribution in [0, 0.1) is 0 Å². The van der Waals surface area contributed by atoms with Gasteiger partial charge in [-0.3, -0.25) is 0 Å². The largest absolute Gasteiger partial charge is 0.455 e. The molecular formula is C59H35N5O. The van der Waals surface area contributed by atoms with Gasteiger partial charge in [-0.25, -0.2) is 15.0 Å². The van der Waals surface area contributed by atoms with Gasteiger partial charge < -0.3 is 13.6 Å². The molecule has 14 rings (SSSR count). The van der Waals surface area contributed by atoms with Crippen molar-refractivity contribution in [3.8, 4) is 45.5 Å². The van der Waals surface area contributed by atoms with E-state index in [-0.39, 0.29) is 0 Å². The molecule has 4 aromatic heterocycles. The summed E-state index contributed by atoms with van der Waals surface area (Å²) in [6, 6.07) is 75.0. The summed E-state index contributed by atoms with van der Waals surface area (Å²) in [4.78, 5) is 16.1. The third-order valence-electron chi connectivity index (χ3n) is 13.1. The zero-order valence-corrected chi connectivity index (χ0v) is 34.9. The molecule has 0 amide bonds. The Labute approximate surface area is 371 Å². The second-order valence-electron chi connectivity index (χ2n) is 16.8. The quantitative estimate of drug-likeness (QED) is 0.173. The lowest BCUT2D eigenvalue weighted by Crippen LogP contribution is -2.02. The van der Waals surface area contributed by atoms with Crippen LogP contribution >= 0.6 is 0 Å². The van der Waals surface area contributed by atoms with E-state index < -0.39 is 0 Å². The van der Waals surface area contributed by atoms with Gasteiger partial charge in [0.2, 0.25) is 0 Å². The van der Waals surface area contributed by atoms with E-state index in [4.69, 9.17) is 19.4 Å². The highest BCUT2D eigenvalue weighted by molar-refractivity contribution is 6.18. The van der Waals surface area contributed by atoms with Crippen molar-refractivity contribution in [1.82, 2.24) is 24.1 Å². The van der Waals surface area contributed by atoms with E-state index >= 15 is 0 Å². The monoisotopic (exact) mass is 829 g/mol. The van der Waals surface area contributed by atoms with Crippen LogP contribution in [-0.2, 0) is 0 Å². The fraction of sp³-hybridized carbons (Fsp3) is 0. The van der Waals surface area contributed by atoms with Gasteiger partial charge in [0.05, 0.1) is 38.7 Å². The minimum atomic E-state index is 0.533. The molecule has 0 aliphatic heterocycles. The fourth-order valence-corrected chi connectivity index (χ4v) is 10.2. The first-order valence-corrected chi connectivity index (χ1v) is 21.9. The summed E-state index contributed by atoms with van der Waals surface area (Å²) in [6.07, 6.45) is 0. The molecule has 0 N–H and O–H groups in total. The molecule has 65 heavy (non-hydrogen) atoms. The molecular weight excluding hydrogens is 795 g/mol. The Morgan fingerprint density at radius 3 is 1.74 bits per heavy atom. The molecule has 0 atom stereocenters. The standard InChI is InChI=1S/C59H35N5O/c1-2-19-40(20-3-1)63-49-26-11-8-22-42(49)44-30-29-39(35-52(44)63)57-60-58(45-25-14-18-36-15-6-7-21-41(36)45)62-59(61-57)47-31-32-51(55-46-24-10-13-28-54(46)65-56(47)55)64-50-27-12-9-23-43(50)48-33-37-16-4-5-17-38(37)34-53(48)64/h1-35H. The van der Waals surface area contributed by atoms with E-state index in [1.165, 1.54) is 26.9 Å². The molecule has 0 unspecified atom stereocenters. The van der Waals surface area contributed by atoms with Gasteiger partial charge in [-0.05, 0) is 82.2 Å². The molecule has 0 spiro atoms. The van der Waals surface area contributed by atoms with Crippen LogP contribution < -0.4 is 0 Å². The number of fused-ring (bicyclic) bond motifs is 11. The first-order valence-electron chi connectivity index (χ1n) is 21.9. The molecule has 302 valence electrons. The van der Waals surface area contributed by atoms with Gasteiger partial charge in [0.15, 0.2) is 17.5 Å². The molecule has 10 aromatic carbocycles. The molecule has 6 heteroatoms. The van der Waals surface area contributed by atoms with Gasteiger partial charge in [-0.1, -0.05) is 152 Å². The molecule has 6 nitrogen and oxygen atoms in total. The lowest BCUT2D eigenvalue weighted by molar-refractivity contribution is 0.669. The fourth-order valence-electron chi connectivity index (χ4n) is 10.2. The predicted octanol–water partition coefficient (Wildman–Crippen LogP) is 15.3. The normalized spacial score (nSPS) is 12.0. The Hall–Kier alpha value is -8.87. The van der Waals surface area contributed by atoms with Crippen molar-refractivity contribution in [2.24, 2.45) is 0 Å². The van der Waals surface area contributed by atoms with Gasteiger partial charge in [0.1, 0.15) is 11.2 Å². The zero-order chi connectivity index (χ0) is 42.6. The Balaban J connectivity index is 1.05. The van der Waals surface area contributed by atoms with Crippen molar-refractivity contribution >= 4 is 87.1 Å². The lowest BCUT2D eigenvalue weighted by atomic mass is 10.0. The average molecular weight is 830 g/mol. The number of aromatic nitrogens is 5. The zero-order valence-electron chi connectivity index (χ0n) is 34.9. The number of nitrogens with zero attached hydrogens (tertiary/aromatic N) is 5. The minimum Gasteiger partial charge on any atom is -0.455 e. The van der Waals surface area contributed by atoms with Crippen LogP contribution in [0.15, 0.2) is 217 Å². The maximum absolute atomic E-state index is 6.97. The highest BCUT2D eigenvalue weighted by Gasteiger charge is 2.24. The molecule has 14 aromatic rings. The van der Waals surface area contributed by atoms with E-state index in [2.05, 4.69) is 209 Å². The number of para-hydroxylation sites is 4. The average Bonchev–Trinajstić information content (AvgIpc) is 4.03. The Morgan fingerprint density at radius 1 is 0.338 bits per heavy atom. The minimum absolute atomic E-state index is 0.533. The molecule has 0 aliphatic rings. The van der Waals surface area contributed by atoms with Crippen molar-refractivity contribution in [3.63, 3.8) is 0 Å². The summed E-state index contributed by atoms with van der Waals surface area (Å²) in [5.41, 5.74) is 10.7. The second kappa shape index (κ2) is 13.8. The highest BCUT2D eigenvalue weighted by atomic mass is 16.3. The van der Waals surface area contributed by atoms with E-state index in [1.54, 1.807) is 0 Å². The smallest absolute Gasteiger partial charge is 0.167 e. The van der Waals surface area contributed by atoms with Crippen molar-refractivity contribution in [3.05, 3.63) is 212 Å². The van der Waals surface area contributed by atoms with Gasteiger partial charge in [0.25, 0.3) is 0 Å². The van der Waals surface area contributed by atoms with Gasteiger partial charge in [-0.2, -0.15) is 0 Å². The molecule has 0 saturated carbocycles. The van der Waals surface area contributed by atoms with Crippen LogP contribution in [0.25, 0.3) is 133 Å². The SMILES string of the molecule is c1ccc(-n2c3ccccc3c3ccc(-c4nc(-c5cccc6ccccc56)nc(-c5ccc(-n6c7ccccc7c7cc8ccccc8cc76)c6c5oc5ccccc56)n4)cc32)cc1. The Kier molecular flexibility index (Phi) is 7.59. The van der Waals surface area contributed by atoms with E-state index in [9.17, 15) is 0 Å². The topological polar surface area (TPSA) is 61.7 Å². The maximum Gasteiger partial charge on any atom is 0.167 e. The Morgan fingerprint density at radius 2 is 0.923 bits per heavy atom. The van der Waals surface area contributed by atoms with Crippen molar-refractivity contribution in [2.75, 3.05) is 0 Å². The van der Waals surface area contributed by atoms with Crippen LogP contribution in [0.1, 0.15) is 0 Å².